The van der Waals surface area contributed by atoms with Gasteiger partial charge in [0.1, 0.15) is 0 Å². The number of hydrogen-bond donors (Lipinski definition) is 1. The number of piperidine rings is 1. The van der Waals surface area contributed by atoms with E-state index >= 15 is 0 Å². The largest absolute Gasteiger partial charge is 0.343 e. The summed E-state index contributed by atoms with van der Waals surface area (Å²) in [5.74, 6) is 0. The van der Waals surface area contributed by atoms with Crippen molar-refractivity contribution in [1.82, 2.24) is 9.88 Å². The molecule has 2 aliphatic heterocycles. The minimum atomic E-state index is 0.576. The molecule has 1 aromatic carbocycles. The van der Waals surface area contributed by atoms with Crippen LogP contribution in [-0.2, 0) is 13.0 Å². The lowest BCUT2D eigenvalue weighted by atomic mass is 9.99. The van der Waals surface area contributed by atoms with Gasteiger partial charge in [0.25, 0.3) is 0 Å². The van der Waals surface area contributed by atoms with Crippen LogP contribution < -0.4 is 5.32 Å². The number of hydrogen-bond acceptors (Lipinski definition) is 1. The lowest BCUT2D eigenvalue weighted by molar-refractivity contribution is 0.391. The lowest BCUT2D eigenvalue weighted by Gasteiger charge is -2.27. The van der Waals surface area contributed by atoms with Crippen LogP contribution in [0.15, 0.2) is 18.2 Å². The highest BCUT2D eigenvalue weighted by molar-refractivity contribution is 5.88. The number of benzene rings is 1. The average molecular weight is 254 g/mol. The predicted molar refractivity (Wildman–Crippen MR) is 79.6 cm³/mol. The first kappa shape index (κ1) is 11.5. The van der Waals surface area contributed by atoms with E-state index in [4.69, 9.17) is 0 Å². The summed E-state index contributed by atoms with van der Waals surface area (Å²) in [6.07, 6.45) is 6.54. The van der Waals surface area contributed by atoms with Gasteiger partial charge in [0.15, 0.2) is 0 Å². The predicted octanol–water partition coefficient (Wildman–Crippen LogP) is 3.71. The van der Waals surface area contributed by atoms with Gasteiger partial charge in [-0.15, -0.1) is 0 Å². The number of para-hydroxylation sites is 1. The van der Waals surface area contributed by atoms with Crippen LogP contribution in [0.5, 0.6) is 0 Å². The maximum Gasteiger partial charge on any atom is 0.0518 e. The van der Waals surface area contributed by atoms with Gasteiger partial charge >= 0.3 is 0 Å². The van der Waals surface area contributed by atoms with Crippen molar-refractivity contribution in [2.75, 3.05) is 6.54 Å². The first-order chi connectivity index (χ1) is 9.36. The Hall–Kier alpha value is -1.28. The first-order valence-corrected chi connectivity index (χ1v) is 7.70. The van der Waals surface area contributed by atoms with Crippen molar-refractivity contribution in [3.8, 4) is 0 Å². The summed E-state index contributed by atoms with van der Waals surface area (Å²) in [5, 5.41) is 5.22. The number of nitrogens with zero attached hydrogens (tertiary/aromatic N) is 1. The van der Waals surface area contributed by atoms with E-state index in [0.717, 1.165) is 0 Å². The maximum absolute atomic E-state index is 3.73. The molecule has 2 nitrogen and oxygen atoms in total. The molecule has 0 amide bonds. The van der Waals surface area contributed by atoms with Gasteiger partial charge in [-0.2, -0.15) is 0 Å². The Balaban J connectivity index is 1.95. The van der Waals surface area contributed by atoms with Gasteiger partial charge in [0, 0.05) is 23.7 Å². The molecule has 1 atom stereocenters. The summed E-state index contributed by atoms with van der Waals surface area (Å²) in [5.41, 5.74) is 6.16. The van der Waals surface area contributed by atoms with Crippen molar-refractivity contribution in [1.29, 1.82) is 0 Å². The van der Waals surface area contributed by atoms with Crippen molar-refractivity contribution in [3.63, 3.8) is 0 Å². The summed E-state index contributed by atoms with van der Waals surface area (Å²) in [7, 11) is 0. The Morgan fingerprint density at radius 2 is 2.16 bits per heavy atom. The molecule has 1 fully saturated rings. The fourth-order valence-electron chi connectivity index (χ4n) is 4.07. The SMILES string of the molecule is Cc1c(C2CCCCN2)n2c3c(cccc13)CCC2. The van der Waals surface area contributed by atoms with Crippen molar-refractivity contribution in [2.45, 2.75) is 51.6 Å². The molecule has 100 valence electrons. The summed E-state index contributed by atoms with van der Waals surface area (Å²) in [6, 6.07) is 7.43. The van der Waals surface area contributed by atoms with Crippen molar-refractivity contribution in [3.05, 3.63) is 35.0 Å². The third kappa shape index (κ3) is 1.66. The first-order valence-electron chi connectivity index (χ1n) is 7.70. The fourth-order valence-corrected chi connectivity index (χ4v) is 4.07. The standard InChI is InChI=1S/C17H22N2/c1-12-14-8-4-6-13-7-5-11-19(17(13)14)16(12)15-9-2-3-10-18-15/h4,6,8,15,18H,2-3,5,7,9-11H2,1H3. The monoisotopic (exact) mass is 254 g/mol. The molecule has 0 bridgehead atoms. The van der Waals surface area contributed by atoms with Crippen molar-refractivity contribution >= 4 is 10.9 Å². The van der Waals surface area contributed by atoms with E-state index in [2.05, 4.69) is 35.0 Å². The van der Waals surface area contributed by atoms with E-state index in [9.17, 15) is 0 Å². The highest BCUT2D eigenvalue weighted by Gasteiger charge is 2.25. The molecule has 0 radical (unpaired) electrons. The van der Waals surface area contributed by atoms with Gasteiger partial charge in [-0.25, -0.2) is 0 Å². The summed E-state index contributed by atoms with van der Waals surface area (Å²) < 4.78 is 2.62. The lowest BCUT2D eigenvalue weighted by Crippen LogP contribution is -2.29. The molecule has 3 heterocycles. The van der Waals surface area contributed by atoms with Crippen LogP contribution in [0.1, 0.15) is 48.5 Å². The van der Waals surface area contributed by atoms with E-state index in [1.807, 2.05) is 0 Å². The minimum Gasteiger partial charge on any atom is -0.343 e. The smallest absolute Gasteiger partial charge is 0.0518 e. The third-order valence-electron chi connectivity index (χ3n) is 4.94. The number of aromatic nitrogens is 1. The molecule has 1 unspecified atom stereocenters. The molecule has 19 heavy (non-hydrogen) atoms. The Morgan fingerprint density at radius 1 is 1.21 bits per heavy atom. The van der Waals surface area contributed by atoms with Gasteiger partial charge in [-0.3, -0.25) is 0 Å². The van der Waals surface area contributed by atoms with Crippen LogP contribution in [0, 0.1) is 6.92 Å². The molecule has 1 N–H and O–H groups in total. The van der Waals surface area contributed by atoms with Gasteiger partial charge < -0.3 is 9.88 Å². The molecular weight excluding hydrogens is 232 g/mol. The van der Waals surface area contributed by atoms with Crippen LogP contribution in [0.3, 0.4) is 0 Å². The highest BCUT2D eigenvalue weighted by Crippen LogP contribution is 2.37. The molecule has 1 aromatic heterocycles. The van der Waals surface area contributed by atoms with Crippen LogP contribution >= 0.6 is 0 Å². The Morgan fingerprint density at radius 3 is 3.00 bits per heavy atom. The minimum absolute atomic E-state index is 0.576. The Labute approximate surface area is 114 Å². The Kier molecular flexibility index (Phi) is 2.66. The van der Waals surface area contributed by atoms with E-state index in [1.165, 1.54) is 61.7 Å². The summed E-state index contributed by atoms with van der Waals surface area (Å²) in [4.78, 5) is 0. The average Bonchev–Trinajstić information content (AvgIpc) is 2.76. The molecule has 4 rings (SSSR count). The van der Waals surface area contributed by atoms with Crippen LogP contribution in [-0.4, -0.2) is 11.1 Å². The normalized spacial score (nSPS) is 22.9. The number of rotatable bonds is 1. The van der Waals surface area contributed by atoms with Gasteiger partial charge in [0.05, 0.1) is 5.52 Å². The number of aryl methyl sites for hydroxylation is 3. The Bertz CT molecular complexity index is 618. The van der Waals surface area contributed by atoms with E-state index in [-0.39, 0.29) is 0 Å². The second-order valence-corrected chi connectivity index (χ2v) is 6.08. The quantitative estimate of drug-likeness (QED) is 0.821. The molecule has 0 saturated carbocycles. The van der Waals surface area contributed by atoms with Crippen LogP contribution in [0.4, 0.5) is 0 Å². The molecule has 2 heteroatoms. The van der Waals surface area contributed by atoms with Crippen LogP contribution in [0.25, 0.3) is 10.9 Å². The zero-order valence-electron chi connectivity index (χ0n) is 11.7. The van der Waals surface area contributed by atoms with Crippen LogP contribution in [0.2, 0.25) is 0 Å². The second-order valence-electron chi connectivity index (χ2n) is 6.08. The molecule has 2 aromatic rings. The van der Waals surface area contributed by atoms with E-state index in [0.29, 0.717) is 6.04 Å². The van der Waals surface area contributed by atoms with E-state index < -0.39 is 0 Å². The maximum atomic E-state index is 3.73. The zero-order chi connectivity index (χ0) is 12.8. The second kappa shape index (κ2) is 4.38. The molecular formula is C17H22N2. The molecule has 0 aliphatic carbocycles. The molecule has 1 saturated heterocycles. The summed E-state index contributed by atoms with van der Waals surface area (Å²) >= 11 is 0. The van der Waals surface area contributed by atoms with Gasteiger partial charge in [0.2, 0.25) is 0 Å². The van der Waals surface area contributed by atoms with Gasteiger partial charge in [-0.05, 0) is 50.3 Å². The zero-order valence-corrected chi connectivity index (χ0v) is 11.7. The molecule has 0 spiro atoms. The van der Waals surface area contributed by atoms with Crippen molar-refractivity contribution in [2.24, 2.45) is 0 Å². The highest BCUT2D eigenvalue weighted by atomic mass is 15.1. The number of nitrogens with one attached hydrogen (secondary N) is 1. The summed E-state index contributed by atoms with van der Waals surface area (Å²) in [6.45, 7) is 4.70. The fraction of sp³-hybridized carbons (Fsp3) is 0.529. The van der Waals surface area contributed by atoms with Gasteiger partial charge in [-0.1, -0.05) is 24.6 Å². The van der Waals surface area contributed by atoms with E-state index in [1.54, 1.807) is 11.3 Å². The topological polar surface area (TPSA) is 17.0 Å². The van der Waals surface area contributed by atoms with Crippen molar-refractivity contribution < 1.29 is 0 Å². The third-order valence-corrected chi connectivity index (χ3v) is 4.94. The molecule has 2 aliphatic rings.